The zero-order valence-electron chi connectivity index (χ0n) is 8.12. The molecule has 0 radical (unpaired) electrons. The van der Waals surface area contributed by atoms with Crippen molar-refractivity contribution < 1.29 is 27.1 Å². The number of nitrogens with one attached hydrogen (secondary N) is 1. The standard InChI is InChI=1S/C9H8F5NO/c1-3(16)2-15-9-7(13)5(11)4(10)6(12)8(9)14/h3,15-16H,2H2,1H3/t3-/m1/s1. The highest BCUT2D eigenvalue weighted by Gasteiger charge is 2.25. The van der Waals surface area contributed by atoms with E-state index in [4.69, 9.17) is 5.11 Å². The molecule has 0 heterocycles. The van der Waals surface area contributed by atoms with Crippen molar-refractivity contribution in [3.63, 3.8) is 0 Å². The first kappa shape index (κ1) is 12.7. The first-order valence-electron chi connectivity index (χ1n) is 4.29. The van der Waals surface area contributed by atoms with Gasteiger partial charge in [-0.1, -0.05) is 0 Å². The number of rotatable bonds is 3. The van der Waals surface area contributed by atoms with Gasteiger partial charge in [0.2, 0.25) is 5.82 Å². The molecule has 0 unspecified atom stereocenters. The lowest BCUT2D eigenvalue weighted by Crippen LogP contribution is -2.18. The predicted molar refractivity (Wildman–Crippen MR) is 46.4 cm³/mol. The third-order valence-electron chi connectivity index (χ3n) is 1.78. The van der Waals surface area contributed by atoms with Gasteiger partial charge < -0.3 is 10.4 Å². The number of hydrogen-bond acceptors (Lipinski definition) is 2. The number of hydrogen-bond donors (Lipinski definition) is 2. The number of halogens is 5. The van der Waals surface area contributed by atoms with Crippen molar-refractivity contribution in [3.05, 3.63) is 29.1 Å². The molecule has 1 aromatic carbocycles. The van der Waals surface area contributed by atoms with Crippen LogP contribution in [0.2, 0.25) is 0 Å². The smallest absolute Gasteiger partial charge is 0.200 e. The molecule has 7 heteroatoms. The van der Waals surface area contributed by atoms with Gasteiger partial charge in [-0.05, 0) is 6.92 Å². The Hall–Kier alpha value is -1.37. The highest BCUT2D eigenvalue weighted by molar-refractivity contribution is 5.47. The summed E-state index contributed by atoms with van der Waals surface area (Å²) >= 11 is 0. The largest absolute Gasteiger partial charge is 0.392 e. The fourth-order valence-corrected chi connectivity index (χ4v) is 1.01. The molecule has 0 saturated carbocycles. The molecular weight excluding hydrogens is 233 g/mol. The second kappa shape index (κ2) is 4.65. The number of aliphatic hydroxyl groups is 1. The molecule has 0 aliphatic heterocycles. The van der Waals surface area contributed by atoms with Crippen molar-refractivity contribution in [2.75, 3.05) is 11.9 Å². The summed E-state index contributed by atoms with van der Waals surface area (Å²) in [5.74, 6) is -10.1. The Morgan fingerprint density at radius 2 is 1.31 bits per heavy atom. The zero-order chi connectivity index (χ0) is 12.5. The maximum atomic E-state index is 13.0. The maximum Gasteiger partial charge on any atom is 0.200 e. The van der Waals surface area contributed by atoms with E-state index in [1.807, 2.05) is 5.32 Å². The summed E-state index contributed by atoms with van der Waals surface area (Å²) in [5.41, 5.74) is -1.14. The fourth-order valence-electron chi connectivity index (χ4n) is 1.01. The third kappa shape index (κ3) is 2.24. The van der Waals surface area contributed by atoms with E-state index in [1.54, 1.807) is 0 Å². The maximum absolute atomic E-state index is 13.0. The van der Waals surface area contributed by atoms with E-state index in [2.05, 4.69) is 0 Å². The SMILES string of the molecule is C[C@@H](O)CNc1c(F)c(F)c(F)c(F)c1F. The Morgan fingerprint density at radius 1 is 0.938 bits per heavy atom. The van der Waals surface area contributed by atoms with Gasteiger partial charge in [0.15, 0.2) is 23.3 Å². The molecule has 0 aliphatic rings. The summed E-state index contributed by atoms with van der Waals surface area (Å²) in [5, 5.41) is 10.8. The van der Waals surface area contributed by atoms with Crippen LogP contribution in [0.4, 0.5) is 27.6 Å². The number of aliphatic hydroxyl groups excluding tert-OH is 1. The van der Waals surface area contributed by atoms with Crippen LogP contribution < -0.4 is 5.32 Å². The molecule has 0 saturated heterocycles. The zero-order valence-corrected chi connectivity index (χ0v) is 8.12. The molecule has 1 atom stereocenters. The highest BCUT2D eigenvalue weighted by atomic mass is 19.2. The molecule has 1 aromatic rings. The van der Waals surface area contributed by atoms with Gasteiger partial charge in [0.1, 0.15) is 5.69 Å². The van der Waals surface area contributed by atoms with E-state index in [9.17, 15) is 22.0 Å². The van der Waals surface area contributed by atoms with E-state index >= 15 is 0 Å². The average Bonchev–Trinajstić information content (AvgIpc) is 2.23. The molecule has 2 nitrogen and oxygen atoms in total. The summed E-state index contributed by atoms with van der Waals surface area (Å²) in [7, 11) is 0. The second-order valence-electron chi connectivity index (χ2n) is 3.17. The Morgan fingerprint density at radius 3 is 1.69 bits per heavy atom. The van der Waals surface area contributed by atoms with Crippen molar-refractivity contribution in [2.24, 2.45) is 0 Å². The summed E-state index contributed by atoms with van der Waals surface area (Å²) in [6.45, 7) is 0.956. The van der Waals surface area contributed by atoms with Crippen molar-refractivity contribution in [2.45, 2.75) is 13.0 Å². The normalized spacial score (nSPS) is 12.7. The van der Waals surface area contributed by atoms with Crippen molar-refractivity contribution in [3.8, 4) is 0 Å². The van der Waals surface area contributed by atoms with Gasteiger partial charge in [0.25, 0.3) is 0 Å². The Balaban J connectivity index is 3.18. The highest BCUT2D eigenvalue weighted by Crippen LogP contribution is 2.26. The van der Waals surface area contributed by atoms with Gasteiger partial charge in [-0.2, -0.15) is 0 Å². The second-order valence-corrected chi connectivity index (χ2v) is 3.17. The van der Waals surface area contributed by atoms with Crippen LogP contribution in [0.5, 0.6) is 0 Å². The molecule has 0 bridgehead atoms. The fraction of sp³-hybridized carbons (Fsp3) is 0.333. The topological polar surface area (TPSA) is 32.3 Å². The molecule has 0 aliphatic carbocycles. The van der Waals surface area contributed by atoms with Crippen LogP contribution in [-0.2, 0) is 0 Å². The molecule has 90 valence electrons. The van der Waals surface area contributed by atoms with Gasteiger partial charge in [-0.15, -0.1) is 0 Å². The Bertz CT molecular complexity index is 378. The van der Waals surface area contributed by atoms with Crippen LogP contribution in [0.25, 0.3) is 0 Å². The molecule has 16 heavy (non-hydrogen) atoms. The van der Waals surface area contributed by atoms with Crippen LogP contribution in [-0.4, -0.2) is 17.8 Å². The van der Waals surface area contributed by atoms with E-state index in [0.29, 0.717) is 0 Å². The van der Waals surface area contributed by atoms with Gasteiger partial charge in [0, 0.05) is 6.54 Å². The van der Waals surface area contributed by atoms with Gasteiger partial charge in [-0.25, -0.2) is 22.0 Å². The predicted octanol–water partition coefficient (Wildman–Crippen LogP) is 2.17. The molecule has 2 N–H and O–H groups in total. The average molecular weight is 241 g/mol. The lowest BCUT2D eigenvalue weighted by Gasteiger charge is -2.11. The molecule has 0 spiro atoms. The lowest BCUT2D eigenvalue weighted by atomic mass is 10.2. The molecule has 0 amide bonds. The van der Waals surface area contributed by atoms with Gasteiger partial charge in [-0.3, -0.25) is 0 Å². The summed E-state index contributed by atoms with van der Waals surface area (Å²) in [6, 6.07) is 0. The van der Waals surface area contributed by atoms with Gasteiger partial charge >= 0.3 is 0 Å². The summed E-state index contributed by atoms with van der Waals surface area (Å²) in [4.78, 5) is 0. The van der Waals surface area contributed by atoms with E-state index in [-0.39, 0.29) is 6.54 Å². The minimum atomic E-state index is -2.21. The minimum Gasteiger partial charge on any atom is -0.392 e. The number of benzene rings is 1. The van der Waals surface area contributed by atoms with Crippen molar-refractivity contribution >= 4 is 5.69 Å². The van der Waals surface area contributed by atoms with Crippen molar-refractivity contribution in [1.82, 2.24) is 0 Å². The van der Waals surface area contributed by atoms with E-state index < -0.39 is 40.9 Å². The van der Waals surface area contributed by atoms with Crippen LogP contribution in [0.1, 0.15) is 6.92 Å². The Labute approximate surface area is 87.7 Å². The Kier molecular flexibility index (Phi) is 3.69. The quantitative estimate of drug-likeness (QED) is 0.483. The third-order valence-corrected chi connectivity index (χ3v) is 1.78. The van der Waals surface area contributed by atoms with Crippen molar-refractivity contribution in [1.29, 1.82) is 0 Å². The minimum absolute atomic E-state index is 0.335. The summed E-state index contributed by atoms with van der Waals surface area (Å²) < 4.78 is 63.9. The van der Waals surface area contributed by atoms with Crippen LogP contribution in [0.15, 0.2) is 0 Å². The van der Waals surface area contributed by atoms with Crippen LogP contribution >= 0.6 is 0 Å². The molecule has 1 rings (SSSR count). The lowest BCUT2D eigenvalue weighted by molar-refractivity contribution is 0.208. The first-order chi connectivity index (χ1) is 7.36. The summed E-state index contributed by atoms with van der Waals surface area (Å²) in [6.07, 6.45) is -0.991. The molecule has 0 aromatic heterocycles. The van der Waals surface area contributed by atoms with Crippen LogP contribution in [0, 0.1) is 29.1 Å². The van der Waals surface area contributed by atoms with Gasteiger partial charge in [0.05, 0.1) is 6.10 Å². The first-order valence-corrected chi connectivity index (χ1v) is 4.29. The number of anilines is 1. The monoisotopic (exact) mass is 241 g/mol. The molecule has 0 fully saturated rings. The molecular formula is C9H8F5NO. The van der Waals surface area contributed by atoms with E-state index in [0.717, 1.165) is 0 Å². The van der Waals surface area contributed by atoms with E-state index in [1.165, 1.54) is 6.92 Å². The van der Waals surface area contributed by atoms with Crippen LogP contribution in [0.3, 0.4) is 0 Å².